The van der Waals surface area contributed by atoms with Gasteiger partial charge in [0, 0.05) is 5.56 Å². The second kappa shape index (κ2) is 6.10. The summed E-state index contributed by atoms with van der Waals surface area (Å²) in [6, 6.07) is 5.64. The molecule has 1 aromatic carbocycles. The standard InChI is InChI=1S/C11H14NO.W/c1-3-9-6-10(11(13)7-12)5-4-8(9)2;/h4-6,12H,3,7H2,1-2H3;/q-1;+2. The van der Waals surface area contributed by atoms with Crippen molar-refractivity contribution in [2.45, 2.75) is 20.3 Å². The van der Waals surface area contributed by atoms with Gasteiger partial charge in [0.15, 0.2) is 0 Å². The Kier molecular flexibility index (Phi) is 5.90. The largest absolute Gasteiger partial charge is 2.00 e. The first-order chi connectivity index (χ1) is 6.19. The first-order valence-electron chi connectivity index (χ1n) is 4.46. The Bertz CT molecular complexity index is 323. The monoisotopic (exact) mass is 360 g/mol. The fourth-order valence-corrected chi connectivity index (χ4v) is 1.33. The summed E-state index contributed by atoms with van der Waals surface area (Å²) in [5.41, 5.74) is 10.0. The maximum atomic E-state index is 11.2. The zero-order valence-corrected chi connectivity index (χ0v) is 11.4. The maximum Gasteiger partial charge on any atom is 2.00 e. The van der Waals surface area contributed by atoms with Crippen LogP contribution in [-0.4, -0.2) is 12.3 Å². The predicted molar refractivity (Wildman–Crippen MR) is 54.1 cm³/mol. The normalized spacial score (nSPS) is 9.36. The molecule has 74 valence electrons. The summed E-state index contributed by atoms with van der Waals surface area (Å²) >= 11 is 0. The van der Waals surface area contributed by atoms with Crippen molar-refractivity contribution >= 4 is 5.78 Å². The Balaban J connectivity index is 0.00000169. The van der Waals surface area contributed by atoms with Crippen LogP contribution in [0.1, 0.15) is 28.4 Å². The predicted octanol–water partition coefficient (Wildman–Crippen LogP) is 2.79. The summed E-state index contributed by atoms with van der Waals surface area (Å²) in [5.74, 6) is -0.102. The van der Waals surface area contributed by atoms with Crippen molar-refractivity contribution in [3.05, 3.63) is 40.6 Å². The molecule has 0 fully saturated rings. The quantitative estimate of drug-likeness (QED) is 0.765. The fourth-order valence-electron chi connectivity index (χ4n) is 1.33. The average Bonchev–Trinajstić information content (AvgIpc) is 2.17. The van der Waals surface area contributed by atoms with Crippen molar-refractivity contribution in [3.8, 4) is 0 Å². The molecule has 0 aromatic heterocycles. The summed E-state index contributed by atoms with van der Waals surface area (Å²) in [6.45, 7) is 3.94. The van der Waals surface area contributed by atoms with Gasteiger partial charge >= 0.3 is 21.1 Å². The molecule has 3 heteroatoms. The number of ketones is 1. The molecule has 0 aliphatic rings. The fraction of sp³-hybridized carbons (Fsp3) is 0.364. The Morgan fingerprint density at radius 3 is 2.57 bits per heavy atom. The van der Waals surface area contributed by atoms with Gasteiger partial charge in [-0.05, 0) is 30.5 Å². The number of hydrogen-bond acceptors (Lipinski definition) is 1. The number of hydrogen-bond donors (Lipinski definition) is 0. The van der Waals surface area contributed by atoms with Crippen molar-refractivity contribution in [3.63, 3.8) is 0 Å². The molecule has 1 rings (SSSR count). The van der Waals surface area contributed by atoms with E-state index in [4.69, 9.17) is 5.73 Å². The molecule has 0 aliphatic heterocycles. The van der Waals surface area contributed by atoms with Gasteiger partial charge < -0.3 is 5.73 Å². The summed E-state index contributed by atoms with van der Waals surface area (Å²) in [4.78, 5) is 11.2. The van der Waals surface area contributed by atoms with E-state index in [1.165, 1.54) is 11.1 Å². The van der Waals surface area contributed by atoms with Gasteiger partial charge in [-0.2, -0.15) is 0 Å². The number of aryl methyl sites for hydroxylation is 2. The Morgan fingerprint density at radius 1 is 1.43 bits per heavy atom. The smallest absolute Gasteiger partial charge is 0.671 e. The van der Waals surface area contributed by atoms with Gasteiger partial charge in [-0.15, -0.1) is 0 Å². The molecule has 1 N–H and O–H groups in total. The summed E-state index contributed by atoms with van der Waals surface area (Å²) < 4.78 is 0. The molecule has 14 heavy (non-hydrogen) atoms. The first kappa shape index (κ1) is 13.5. The van der Waals surface area contributed by atoms with Crippen LogP contribution in [0.3, 0.4) is 0 Å². The van der Waals surface area contributed by atoms with E-state index in [1.54, 1.807) is 6.07 Å². The Morgan fingerprint density at radius 2 is 2.07 bits per heavy atom. The summed E-state index contributed by atoms with van der Waals surface area (Å²) in [6.07, 6.45) is 0.935. The van der Waals surface area contributed by atoms with Crippen molar-refractivity contribution in [1.82, 2.24) is 0 Å². The molecule has 1 aromatic rings. The minimum Gasteiger partial charge on any atom is -0.671 e. The molecule has 0 saturated heterocycles. The van der Waals surface area contributed by atoms with Crippen molar-refractivity contribution in [2.24, 2.45) is 0 Å². The summed E-state index contributed by atoms with van der Waals surface area (Å²) in [5, 5.41) is 0. The zero-order chi connectivity index (χ0) is 9.84. The van der Waals surface area contributed by atoms with E-state index in [1.807, 2.05) is 19.1 Å². The molecule has 0 aliphatic carbocycles. The van der Waals surface area contributed by atoms with E-state index in [0.29, 0.717) is 5.56 Å². The van der Waals surface area contributed by atoms with Crippen molar-refractivity contribution in [2.75, 3.05) is 6.54 Å². The van der Waals surface area contributed by atoms with Crippen LogP contribution >= 0.6 is 0 Å². The summed E-state index contributed by atoms with van der Waals surface area (Å²) in [7, 11) is 0. The van der Waals surface area contributed by atoms with E-state index in [2.05, 4.69) is 6.92 Å². The van der Waals surface area contributed by atoms with Gasteiger partial charge in [-0.3, -0.25) is 4.79 Å². The van der Waals surface area contributed by atoms with Crippen LogP contribution in [0.15, 0.2) is 18.2 Å². The third-order valence-corrected chi connectivity index (χ3v) is 2.21. The molecule has 0 spiro atoms. The van der Waals surface area contributed by atoms with Crippen LogP contribution in [0.2, 0.25) is 0 Å². The zero-order valence-electron chi connectivity index (χ0n) is 8.46. The average molecular weight is 360 g/mol. The second-order valence-corrected chi connectivity index (χ2v) is 3.09. The number of carbonyl (C=O) groups excluding carboxylic acids is 1. The van der Waals surface area contributed by atoms with E-state index in [9.17, 15) is 4.79 Å². The van der Waals surface area contributed by atoms with Gasteiger partial charge in [0.2, 0.25) is 0 Å². The molecule has 0 heterocycles. The molecule has 0 saturated carbocycles. The number of rotatable bonds is 3. The van der Waals surface area contributed by atoms with Crippen molar-refractivity contribution < 1.29 is 25.9 Å². The van der Waals surface area contributed by atoms with E-state index < -0.39 is 0 Å². The second-order valence-electron chi connectivity index (χ2n) is 3.09. The molecular formula is C11H14NOW+. The molecule has 0 radical (unpaired) electrons. The number of benzene rings is 1. The van der Waals surface area contributed by atoms with Gasteiger partial charge in [0.25, 0.3) is 0 Å². The number of nitrogens with one attached hydrogen (secondary N) is 1. The molecule has 2 nitrogen and oxygen atoms in total. The first-order valence-corrected chi connectivity index (χ1v) is 4.46. The Hall–Kier alpha value is -0.462. The van der Waals surface area contributed by atoms with Crippen LogP contribution in [0.25, 0.3) is 5.73 Å². The third-order valence-electron chi connectivity index (χ3n) is 2.21. The molecule has 0 unspecified atom stereocenters. The van der Waals surface area contributed by atoms with Crippen LogP contribution in [0.4, 0.5) is 0 Å². The Labute approximate surface area is 99.1 Å². The minimum atomic E-state index is -0.161. The number of Topliss-reactive ketones (excluding diaryl/α,β-unsaturated/α-hetero) is 1. The van der Waals surface area contributed by atoms with E-state index >= 15 is 0 Å². The SMILES string of the molecule is CCc1cc(C(=O)C[NH-])ccc1C.[W+2]. The minimum absolute atomic E-state index is 0. The van der Waals surface area contributed by atoms with E-state index in [0.717, 1.165) is 6.42 Å². The molecular weight excluding hydrogens is 346 g/mol. The van der Waals surface area contributed by atoms with Crippen LogP contribution in [0, 0.1) is 6.92 Å². The van der Waals surface area contributed by atoms with Crippen LogP contribution in [0.5, 0.6) is 0 Å². The molecule has 0 amide bonds. The van der Waals surface area contributed by atoms with Crippen molar-refractivity contribution in [1.29, 1.82) is 0 Å². The van der Waals surface area contributed by atoms with Gasteiger partial charge in [0.1, 0.15) is 5.78 Å². The van der Waals surface area contributed by atoms with Crippen LogP contribution in [-0.2, 0) is 27.5 Å². The van der Waals surface area contributed by atoms with Gasteiger partial charge in [-0.1, -0.05) is 25.6 Å². The third kappa shape index (κ3) is 3.04. The molecule has 0 bridgehead atoms. The molecule has 0 atom stereocenters. The van der Waals surface area contributed by atoms with Crippen LogP contribution < -0.4 is 0 Å². The maximum absolute atomic E-state index is 11.2. The number of carbonyl (C=O) groups is 1. The van der Waals surface area contributed by atoms with Gasteiger partial charge in [0.05, 0.1) is 0 Å². The topological polar surface area (TPSA) is 40.9 Å². The van der Waals surface area contributed by atoms with E-state index in [-0.39, 0.29) is 33.4 Å². The van der Waals surface area contributed by atoms with Gasteiger partial charge in [-0.25, -0.2) is 0 Å².